The average molecular weight is 458 g/mol. The van der Waals surface area contributed by atoms with Crippen molar-refractivity contribution in [2.45, 2.75) is 77.2 Å². The van der Waals surface area contributed by atoms with E-state index in [4.69, 9.17) is 9.72 Å². The summed E-state index contributed by atoms with van der Waals surface area (Å²) in [5.41, 5.74) is 5.16. The Hall–Kier alpha value is -1.73. The highest BCUT2D eigenvalue weighted by Gasteiger charge is 2.23. The molecule has 3 aromatic rings. The molecule has 0 saturated carbocycles. The normalized spacial score (nSPS) is 13.8. The molecule has 0 fully saturated rings. The summed E-state index contributed by atoms with van der Waals surface area (Å²) in [6.07, 6.45) is 10.5. The zero-order valence-corrected chi connectivity index (χ0v) is 20.3. The third-order valence-electron chi connectivity index (χ3n) is 5.71. The smallest absolute Gasteiger partial charge is 0.316 e. The number of hydrogen-bond donors (Lipinski definition) is 0. The zero-order chi connectivity index (χ0) is 21.8. The maximum atomic E-state index is 12.1. The van der Waals surface area contributed by atoms with Crippen LogP contribution in [0.15, 0.2) is 11.4 Å². The molecular formula is C24H31N3O2S2. The lowest BCUT2D eigenvalue weighted by molar-refractivity contribution is -0.140. The summed E-state index contributed by atoms with van der Waals surface area (Å²) in [7, 11) is 0. The van der Waals surface area contributed by atoms with Crippen molar-refractivity contribution < 1.29 is 9.53 Å². The Balaban J connectivity index is 1.64. The monoisotopic (exact) mass is 457 g/mol. The first-order valence-electron chi connectivity index (χ1n) is 11.4. The van der Waals surface area contributed by atoms with E-state index in [1.807, 2.05) is 0 Å². The molecule has 3 heterocycles. The van der Waals surface area contributed by atoms with Gasteiger partial charge in [0.15, 0.2) is 0 Å². The van der Waals surface area contributed by atoms with Gasteiger partial charge in [-0.25, -0.2) is 15.0 Å². The van der Waals surface area contributed by atoms with Gasteiger partial charge in [0.2, 0.25) is 0 Å². The molecule has 1 aliphatic carbocycles. The largest absolute Gasteiger partial charge is 0.465 e. The predicted molar refractivity (Wildman–Crippen MR) is 129 cm³/mol. The van der Waals surface area contributed by atoms with Crippen LogP contribution in [-0.4, -0.2) is 33.3 Å². The van der Waals surface area contributed by atoms with Crippen LogP contribution in [0, 0.1) is 5.92 Å². The molecule has 0 N–H and O–H groups in total. The second-order valence-corrected chi connectivity index (χ2v) is 10.6. The number of nitrogens with zero attached hydrogens (tertiary/aromatic N) is 3. The van der Waals surface area contributed by atoms with Crippen LogP contribution >= 0.6 is 23.1 Å². The van der Waals surface area contributed by atoms with Crippen LogP contribution in [0.2, 0.25) is 0 Å². The van der Waals surface area contributed by atoms with Crippen molar-refractivity contribution in [1.29, 1.82) is 0 Å². The summed E-state index contributed by atoms with van der Waals surface area (Å²) >= 11 is 3.12. The second-order valence-electron chi connectivity index (χ2n) is 8.68. The molecule has 0 bridgehead atoms. The summed E-state index contributed by atoms with van der Waals surface area (Å²) in [4.78, 5) is 27.5. The van der Waals surface area contributed by atoms with Gasteiger partial charge in [-0.1, -0.05) is 45.4 Å². The van der Waals surface area contributed by atoms with Crippen molar-refractivity contribution in [3.05, 3.63) is 23.1 Å². The average Bonchev–Trinajstić information content (AvgIpc) is 3.14. The highest BCUT2D eigenvalue weighted by atomic mass is 32.2. The molecule has 4 rings (SSSR count). The van der Waals surface area contributed by atoms with Gasteiger partial charge >= 0.3 is 5.97 Å². The molecule has 1 aliphatic rings. The van der Waals surface area contributed by atoms with Gasteiger partial charge in [-0.05, 0) is 55.6 Å². The first-order valence-corrected chi connectivity index (χ1v) is 13.2. The van der Waals surface area contributed by atoms with Crippen LogP contribution in [-0.2, 0) is 28.8 Å². The highest BCUT2D eigenvalue weighted by molar-refractivity contribution is 8.00. The summed E-state index contributed by atoms with van der Waals surface area (Å²) in [5, 5.41) is 2.07. The molecule has 0 amide bonds. The van der Waals surface area contributed by atoms with E-state index in [1.165, 1.54) is 46.8 Å². The van der Waals surface area contributed by atoms with Crippen molar-refractivity contribution in [3.8, 4) is 0 Å². The molecular weight excluding hydrogens is 426 g/mol. The quantitative estimate of drug-likeness (QED) is 0.166. The lowest BCUT2D eigenvalue weighted by Gasteiger charge is -2.20. The molecule has 166 valence electrons. The summed E-state index contributed by atoms with van der Waals surface area (Å²) in [6, 6.07) is 0. The van der Waals surface area contributed by atoms with Crippen molar-refractivity contribution in [1.82, 2.24) is 15.0 Å². The van der Waals surface area contributed by atoms with Gasteiger partial charge in [0, 0.05) is 11.1 Å². The minimum absolute atomic E-state index is 0.177. The van der Waals surface area contributed by atoms with Crippen molar-refractivity contribution in [2.75, 3.05) is 12.4 Å². The molecule has 0 saturated heterocycles. The Morgan fingerprint density at radius 3 is 2.77 bits per heavy atom. The zero-order valence-electron chi connectivity index (χ0n) is 18.7. The van der Waals surface area contributed by atoms with E-state index < -0.39 is 0 Å². The molecule has 5 nitrogen and oxygen atoms in total. The van der Waals surface area contributed by atoms with E-state index in [2.05, 4.69) is 30.7 Å². The number of thiophene rings is 1. The van der Waals surface area contributed by atoms with Gasteiger partial charge in [-0.2, -0.15) is 0 Å². The Morgan fingerprint density at radius 1 is 1.19 bits per heavy atom. The first-order chi connectivity index (χ1) is 15.1. The molecule has 31 heavy (non-hydrogen) atoms. The lowest BCUT2D eigenvalue weighted by atomic mass is 9.87. The van der Waals surface area contributed by atoms with Gasteiger partial charge in [0.25, 0.3) is 0 Å². The first kappa shape index (κ1) is 22.5. The van der Waals surface area contributed by atoms with E-state index in [1.54, 1.807) is 17.7 Å². The lowest BCUT2D eigenvalue weighted by Crippen LogP contribution is -2.11. The van der Waals surface area contributed by atoms with E-state index >= 15 is 0 Å². The van der Waals surface area contributed by atoms with Crippen LogP contribution in [0.1, 0.15) is 69.7 Å². The molecule has 7 heteroatoms. The number of carbonyl (C=O) groups excluding carboxylic acids is 1. The van der Waals surface area contributed by atoms with Gasteiger partial charge in [0.1, 0.15) is 16.2 Å². The number of fused-ring (bicyclic) bond motifs is 5. The van der Waals surface area contributed by atoms with Gasteiger partial charge < -0.3 is 4.74 Å². The van der Waals surface area contributed by atoms with E-state index in [-0.39, 0.29) is 11.7 Å². The maximum Gasteiger partial charge on any atom is 0.316 e. The van der Waals surface area contributed by atoms with E-state index in [0.29, 0.717) is 12.5 Å². The molecule has 0 spiro atoms. The van der Waals surface area contributed by atoms with E-state index in [0.717, 1.165) is 58.6 Å². The number of thioether (sulfide) groups is 1. The van der Waals surface area contributed by atoms with Crippen molar-refractivity contribution in [2.24, 2.45) is 5.92 Å². The fraction of sp³-hybridized carbons (Fsp3) is 0.583. The number of ether oxygens (including phenoxy) is 1. The Bertz CT molecular complexity index is 1080. The number of unbranched alkanes of at least 4 members (excludes halogenated alkanes) is 2. The Kier molecular flexibility index (Phi) is 7.43. The predicted octanol–water partition coefficient (Wildman–Crippen LogP) is 6.14. The Labute approximate surface area is 192 Å². The summed E-state index contributed by atoms with van der Waals surface area (Å²) in [6.45, 7) is 7.16. The number of aromatic nitrogens is 3. The summed E-state index contributed by atoms with van der Waals surface area (Å²) < 4.78 is 6.40. The fourth-order valence-corrected chi connectivity index (χ4v) is 6.33. The third kappa shape index (κ3) is 5.03. The SMILES string of the molecule is CCCCCOC(=O)CSc1ncnc2c1sc1nc(CC(C)C)c3c(c12)CCCC3. The molecule has 0 atom stereocenters. The minimum atomic E-state index is -0.177. The van der Waals surface area contributed by atoms with E-state index in [9.17, 15) is 4.79 Å². The molecule has 0 aromatic carbocycles. The van der Waals surface area contributed by atoms with Crippen LogP contribution in [0.25, 0.3) is 20.4 Å². The number of pyridine rings is 1. The van der Waals surface area contributed by atoms with Gasteiger partial charge in [-0.3, -0.25) is 4.79 Å². The number of carbonyl (C=O) groups is 1. The topological polar surface area (TPSA) is 65.0 Å². The second kappa shape index (κ2) is 10.3. The molecule has 0 unspecified atom stereocenters. The maximum absolute atomic E-state index is 12.1. The fourth-order valence-electron chi connectivity index (χ4n) is 4.28. The van der Waals surface area contributed by atoms with Crippen LogP contribution in [0.3, 0.4) is 0 Å². The third-order valence-corrected chi connectivity index (χ3v) is 7.89. The molecule has 0 aliphatic heterocycles. The van der Waals surface area contributed by atoms with Crippen molar-refractivity contribution >= 4 is 49.5 Å². The standard InChI is InChI=1S/C24H31N3O2S2/c1-4-5-8-11-29-19(28)13-30-24-22-21(25-14-26-24)20-17-10-7-6-9-16(17)18(12-15(2)3)27-23(20)31-22/h14-15H,4-13H2,1-3H3. The Morgan fingerprint density at radius 2 is 2.00 bits per heavy atom. The summed E-state index contributed by atoms with van der Waals surface area (Å²) in [5.74, 6) is 0.680. The number of hydrogen-bond acceptors (Lipinski definition) is 7. The van der Waals surface area contributed by atoms with Crippen LogP contribution < -0.4 is 0 Å². The van der Waals surface area contributed by atoms with Crippen molar-refractivity contribution in [3.63, 3.8) is 0 Å². The minimum Gasteiger partial charge on any atom is -0.465 e. The molecule has 3 aromatic heterocycles. The van der Waals surface area contributed by atoms with Crippen LogP contribution in [0.4, 0.5) is 0 Å². The number of esters is 1. The van der Waals surface area contributed by atoms with Gasteiger partial charge in [-0.15, -0.1) is 11.3 Å². The molecule has 0 radical (unpaired) electrons. The number of rotatable bonds is 9. The highest BCUT2D eigenvalue weighted by Crippen LogP contribution is 2.41. The van der Waals surface area contributed by atoms with Gasteiger partial charge in [0.05, 0.1) is 22.6 Å². The van der Waals surface area contributed by atoms with Crippen LogP contribution in [0.5, 0.6) is 0 Å². The number of aryl methyl sites for hydroxylation is 1.